The van der Waals surface area contributed by atoms with E-state index in [0.29, 0.717) is 11.7 Å². The maximum Gasteiger partial charge on any atom is 0.203 e. The fourth-order valence-corrected chi connectivity index (χ4v) is 2.75. The molecule has 0 radical (unpaired) electrons. The van der Waals surface area contributed by atoms with E-state index in [2.05, 4.69) is 15.3 Å². The average Bonchev–Trinajstić information content (AvgIpc) is 3.06. The van der Waals surface area contributed by atoms with Gasteiger partial charge < -0.3 is 10.5 Å². The van der Waals surface area contributed by atoms with Crippen LogP contribution in [0.2, 0.25) is 0 Å². The third-order valence-electron chi connectivity index (χ3n) is 3.07. The molecule has 0 aliphatic heterocycles. The standard InChI is InChI=1S/C14H15N5OS/c1-3-20-11-6-4-10(5-7-11)19-9(2)12(8-16-19)13-17-18-14(15)21-13/h4-8H,3H2,1-2H3,(H2,15,18). The molecule has 0 amide bonds. The number of rotatable bonds is 4. The number of nitrogens with zero attached hydrogens (tertiary/aromatic N) is 4. The van der Waals surface area contributed by atoms with Gasteiger partial charge in [0.05, 0.1) is 29.7 Å². The lowest BCUT2D eigenvalue weighted by Gasteiger charge is -2.07. The highest BCUT2D eigenvalue weighted by Crippen LogP contribution is 2.28. The first-order valence-corrected chi connectivity index (χ1v) is 7.38. The summed E-state index contributed by atoms with van der Waals surface area (Å²) in [5.41, 5.74) is 8.54. The van der Waals surface area contributed by atoms with E-state index in [4.69, 9.17) is 10.5 Å². The molecule has 3 aromatic rings. The molecule has 0 aliphatic rings. The molecule has 0 fully saturated rings. The maximum atomic E-state index is 5.63. The molecule has 7 heteroatoms. The number of nitrogens with two attached hydrogens (primary N) is 1. The summed E-state index contributed by atoms with van der Waals surface area (Å²) in [4.78, 5) is 0. The van der Waals surface area contributed by atoms with Gasteiger partial charge in [-0.15, -0.1) is 10.2 Å². The molecular formula is C14H15N5OS. The molecule has 0 atom stereocenters. The molecule has 0 saturated heterocycles. The Kier molecular flexibility index (Phi) is 3.57. The Bertz CT molecular complexity index is 747. The molecule has 0 bridgehead atoms. The third kappa shape index (κ3) is 2.59. The molecule has 0 spiro atoms. The second kappa shape index (κ2) is 5.53. The largest absolute Gasteiger partial charge is 0.494 e. The molecule has 2 aromatic heterocycles. The van der Waals surface area contributed by atoms with Crippen molar-refractivity contribution in [2.24, 2.45) is 0 Å². The van der Waals surface area contributed by atoms with Crippen LogP contribution in [0.15, 0.2) is 30.5 Å². The minimum absolute atomic E-state index is 0.457. The van der Waals surface area contributed by atoms with Crippen molar-refractivity contribution in [1.29, 1.82) is 0 Å². The molecule has 0 unspecified atom stereocenters. The van der Waals surface area contributed by atoms with Gasteiger partial charge in [0.25, 0.3) is 0 Å². The Hall–Kier alpha value is -2.41. The highest BCUT2D eigenvalue weighted by molar-refractivity contribution is 7.18. The van der Waals surface area contributed by atoms with E-state index >= 15 is 0 Å². The zero-order valence-electron chi connectivity index (χ0n) is 11.8. The highest BCUT2D eigenvalue weighted by Gasteiger charge is 2.13. The van der Waals surface area contributed by atoms with Crippen molar-refractivity contribution in [2.45, 2.75) is 13.8 Å². The zero-order chi connectivity index (χ0) is 14.8. The van der Waals surface area contributed by atoms with Gasteiger partial charge in [-0.1, -0.05) is 11.3 Å². The molecule has 6 nitrogen and oxygen atoms in total. The van der Waals surface area contributed by atoms with Crippen molar-refractivity contribution >= 4 is 16.5 Å². The van der Waals surface area contributed by atoms with Gasteiger partial charge in [0.1, 0.15) is 5.75 Å². The van der Waals surface area contributed by atoms with E-state index in [-0.39, 0.29) is 0 Å². The van der Waals surface area contributed by atoms with E-state index in [9.17, 15) is 0 Å². The fourth-order valence-electron chi connectivity index (χ4n) is 2.07. The highest BCUT2D eigenvalue weighted by atomic mass is 32.1. The van der Waals surface area contributed by atoms with E-state index in [1.807, 2.05) is 42.8 Å². The number of anilines is 1. The molecule has 1 aromatic carbocycles. The summed E-state index contributed by atoms with van der Waals surface area (Å²) >= 11 is 1.35. The lowest BCUT2D eigenvalue weighted by atomic mass is 10.2. The van der Waals surface area contributed by atoms with E-state index in [1.54, 1.807) is 6.20 Å². The van der Waals surface area contributed by atoms with E-state index < -0.39 is 0 Å². The molecule has 3 rings (SSSR count). The number of hydrogen-bond acceptors (Lipinski definition) is 6. The molecule has 108 valence electrons. The van der Waals surface area contributed by atoms with Crippen molar-refractivity contribution in [3.8, 4) is 22.0 Å². The molecular weight excluding hydrogens is 286 g/mol. The SMILES string of the molecule is CCOc1ccc(-n2ncc(-c3nnc(N)s3)c2C)cc1. The van der Waals surface area contributed by atoms with E-state index in [0.717, 1.165) is 27.7 Å². The average molecular weight is 301 g/mol. The van der Waals surface area contributed by atoms with Gasteiger partial charge in [-0.3, -0.25) is 0 Å². The van der Waals surface area contributed by atoms with Gasteiger partial charge in [-0.2, -0.15) is 5.10 Å². The first kappa shape index (κ1) is 13.6. The molecule has 0 saturated carbocycles. The van der Waals surface area contributed by atoms with E-state index in [1.165, 1.54) is 11.3 Å². The smallest absolute Gasteiger partial charge is 0.203 e. The van der Waals surface area contributed by atoms with Gasteiger partial charge in [0, 0.05) is 0 Å². The van der Waals surface area contributed by atoms with Crippen molar-refractivity contribution in [3.05, 3.63) is 36.2 Å². The summed E-state index contributed by atoms with van der Waals surface area (Å²) in [5, 5.41) is 13.6. The number of hydrogen-bond donors (Lipinski definition) is 1. The summed E-state index contributed by atoms with van der Waals surface area (Å²) in [5.74, 6) is 0.850. The minimum Gasteiger partial charge on any atom is -0.494 e. The van der Waals surface area contributed by atoms with Crippen molar-refractivity contribution in [3.63, 3.8) is 0 Å². The van der Waals surface area contributed by atoms with Crippen LogP contribution in [0.3, 0.4) is 0 Å². The number of ether oxygens (including phenoxy) is 1. The first-order chi connectivity index (χ1) is 10.2. The lowest BCUT2D eigenvalue weighted by Crippen LogP contribution is -1.99. The Morgan fingerprint density at radius 2 is 2.00 bits per heavy atom. The van der Waals surface area contributed by atoms with Crippen LogP contribution in [-0.4, -0.2) is 26.6 Å². The first-order valence-electron chi connectivity index (χ1n) is 6.56. The van der Waals surface area contributed by atoms with Crippen LogP contribution in [0.4, 0.5) is 5.13 Å². The lowest BCUT2D eigenvalue weighted by molar-refractivity contribution is 0.340. The summed E-state index contributed by atoms with van der Waals surface area (Å²) in [6.07, 6.45) is 1.78. The summed E-state index contributed by atoms with van der Waals surface area (Å²) < 4.78 is 7.31. The predicted molar refractivity (Wildman–Crippen MR) is 82.8 cm³/mol. The number of aromatic nitrogens is 4. The topological polar surface area (TPSA) is 78.8 Å². The van der Waals surface area contributed by atoms with Crippen LogP contribution in [0.5, 0.6) is 5.75 Å². The van der Waals surface area contributed by atoms with Crippen LogP contribution in [0.25, 0.3) is 16.3 Å². The number of benzene rings is 1. The van der Waals surface area contributed by atoms with Crippen molar-refractivity contribution in [1.82, 2.24) is 20.0 Å². The Balaban J connectivity index is 1.94. The molecule has 21 heavy (non-hydrogen) atoms. The van der Waals surface area contributed by atoms with Gasteiger partial charge in [0.2, 0.25) is 5.13 Å². The van der Waals surface area contributed by atoms with Crippen LogP contribution in [0, 0.1) is 6.92 Å². The van der Waals surface area contributed by atoms with Crippen molar-refractivity contribution in [2.75, 3.05) is 12.3 Å². The van der Waals surface area contributed by atoms with Gasteiger partial charge in [0.15, 0.2) is 5.01 Å². The number of nitrogen functional groups attached to an aromatic ring is 1. The Morgan fingerprint density at radius 3 is 2.62 bits per heavy atom. The summed E-state index contributed by atoms with van der Waals surface area (Å²) in [7, 11) is 0. The second-order valence-corrected chi connectivity index (χ2v) is 5.44. The summed E-state index contributed by atoms with van der Waals surface area (Å²) in [6.45, 7) is 4.62. The van der Waals surface area contributed by atoms with Crippen LogP contribution in [-0.2, 0) is 0 Å². The second-order valence-electron chi connectivity index (χ2n) is 4.43. The monoisotopic (exact) mass is 301 g/mol. The fraction of sp³-hybridized carbons (Fsp3) is 0.214. The van der Waals surface area contributed by atoms with Crippen molar-refractivity contribution < 1.29 is 4.74 Å². The molecule has 0 aliphatic carbocycles. The quantitative estimate of drug-likeness (QED) is 0.801. The molecule has 2 heterocycles. The van der Waals surface area contributed by atoms with Gasteiger partial charge in [-0.05, 0) is 38.1 Å². The van der Waals surface area contributed by atoms with Gasteiger partial charge in [-0.25, -0.2) is 4.68 Å². The minimum atomic E-state index is 0.457. The third-order valence-corrected chi connectivity index (χ3v) is 3.86. The van der Waals surface area contributed by atoms with Crippen LogP contribution in [0.1, 0.15) is 12.6 Å². The van der Waals surface area contributed by atoms with Gasteiger partial charge >= 0.3 is 0 Å². The Morgan fingerprint density at radius 1 is 1.24 bits per heavy atom. The van der Waals surface area contributed by atoms with Crippen LogP contribution < -0.4 is 10.5 Å². The van der Waals surface area contributed by atoms with Crippen LogP contribution >= 0.6 is 11.3 Å². The molecule has 2 N–H and O–H groups in total. The summed E-state index contributed by atoms with van der Waals surface area (Å²) in [6, 6.07) is 7.82. The maximum absolute atomic E-state index is 5.63. The zero-order valence-corrected chi connectivity index (χ0v) is 12.6. The Labute approximate surface area is 126 Å². The normalized spacial score (nSPS) is 10.8. The predicted octanol–water partition coefficient (Wildman–Crippen LogP) is 2.68.